The fraction of sp³-hybridized carbons (Fsp3) is 0.333. The van der Waals surface area contributed by atoms with Gasteiger partial charge in [-0.3, -0.25) is 9.69 Å². The number of benzene rings is 1. The van der Waals surface area contributed by atoms with E-state index in [2.05, 4.69) is 20.1 Å². The number of amides is 1. The molecule has 1 N–H and O–H groups in total. The summed E-state index contributed by atoms with van der Waals surface area (Å²) in [4.78, 5) is 20.7. The first-order valence-corrected chi connectivity index (χ1v) is 8.58. The SMILES string of the molecule is C[C@@H](C(=O)Nc1cccnc1Cl)N1CCN(c2ccc(F)cc2)CC1. The first-order chi connectivity index (χ1) is 12.0. The van der Waals surface area contributed by atoms with Crippen LogP contribution in [-0.4, -0.2) is 48.0 Å². The number of piperazine rings is 1. The minimum absolute atomic E-state index is 0.106. The Bertz CT molecular complexity index is 732. The lowest BCUT2D eigenvalue weighted by Crippen LogP contribution is -2.52. The molecule has 132 valence electrons. The van der Waals surface area contributed by atoms with Crippen LogP contribution in [0.5, 0.6) is 0 Å². The third-order valence-corrected chi connectivity index (χ3v) is 4.75. The molecule has 1 aromatic carbocycles. The number of rotatable bonds is 4. The molecule has 1 aliphatic heterocycles. The van der Waals surface area contributed by atoms with Crippen LogP contribution in [0.15, 0.2) is 42.6 Å². The number of hydrogen-bond donors (Lipinski definition) is 1. The zero-order chi connectivity index (χ0) is 17.8. The maximum absolute atomic E-state index is 13.0. The van der Waals surface area contributed by atoms with Crippen molar-refractivity contribution in [3.05, 3.63) is 53.6 Å². The summed E-state index contributed by atoms with van der Waals surface area (Å²) in [6.45, 7) is 4.97. The molecule has 1 aliphatic rings. The van der Waals surface area contributed by atoms with Crippen LogP contribution in [0.25, 0.3) is 0 Å². The van der Waals surface area contributed by atoms with Crippen molar-refractivity contribution >= 4 is 28.9 Å². The minimum atomic E-state index is -0.272. The van der Waals surface area contributed by atoms with E-state index in [0.717, 1.165) is 31.9 Å². The summed E-state index contributed by atoms with van der Waals surface area (Å²) in [6, 6.07) is 9.69. The predicted octanol–water partition coefficient (Wildman–Crippen LogP) is 3.02. The zero-order valence-corrected chi connectivity index (χ0v) is 14.7. The molecule has 3 rings (SSSR count). The van der Waals surface area contributed by atoms with Crippen molar-refractivity contribution in [3.63, 3.8) is 0 Å². The molecule has 25 heavy (non-hydrogen) atoms. The van der Waals surface area contributed by atoms with E-state index in [0.29, 0.717) is 5.69 Å². The van der Waals surface area contributed by atoms with E-state index in [1.54, 1.807) is 30.5 Å². The molecular formula is C18H20ClFN4O. The van der Waals surface area contributed by atoms with E-state index < -0.39 is 0 Å². The fourth-order valence-corrected chi connectivity index (χ4v) is 3.07. The second-order valence-corrected chi connectivity index (χ2v) is 6.36. The molecule has 0 saturated carbocycles. The molecule has 0 radical (unpaired) electrons. The topological polar surface area (TPSA) is 48.5 Å². The summed E-state index contributed by atoms with van der Waals surface area (Å²) in [7, 11) is 0. The van der Waals surface area contributed by atoms with Gasteiger partial charge in [-0.25, -0.2) is 9.37 Å². The Kier molecular flexibility index (Phi) is 5.50. The smallest absolute Gasteiger partial charge is 0.241 e. The fourth-order valence-electron chi connectivity index (χ4n) is 2.90. The Balaban J connectivity index is 1.56. The highest BCUT2D eigenvalue weighted by atomic mass is 35.5. The van der Waals surface area contributed by atoms with E-state index in [4.69, 9.17) is 11.6 Å². The van der Waals surface area contributed by atoms with Crippen molar-refractivity contribution in [2.75, 3.05) is 36.4 Å². The summed E-state index contributed by atoms with van der Waals surface area (Å²) < 4.78 is 13.0. The van der Waals surface area contributed by atoms with Gasteiger partial charge in [0.1, 0.15) is 5.82 Å². The predicted molar refractivity (Wildman–Crippen MR) is 97.5 cm³/mol. The van der Waals surface area contributed by atoms with Gasteiger partial charge in [-0.1, -0.05) is 11.6 Å². The monoisotopic (exact) mass is 362 g/mol. The average molecular weight is 363 g/mol. The van der Waals surface area contributed by atoms with Crippen molar-refractivity contribution in [2.24, 2.45) is 0 Å². The van der Waals surface area contributed by atoms with Crippen LogP contribution in [0.2, 0.25) is 5.15 Å². The Morgan fingerprint density at radius 3 is 2.52 bits per heavy atom. The number of nitrogens with zero attached hydrogens (tertiary/aromatic N) is 3. The second-order valence-electron chi connectivity index (χ2n) is 6.01. The van der Waals surface area contributed by atoms with Crippen molar-refractivity contribution in [2.45, 2.75) is 13.0 Å². The van der Waals surface area contributed by atoms with Crippen LogP contribution in [0.4, 0.5) is 15.8 Å². The van der Waals surface area contributed by atoms with Crippen LogP contribution in [0.1, 0.15) is 6.92 Å². The largest absolute Gasteiger partial charge is 0.369 e. The maximum atomic E-state index is 13.0. The molecule has 2 aromatic rings. The van der Waals surface area contributed by atoms with Gasteiger partial charge in [-0.2, -0.15) is 0 Å². The van der Waals surface area contributed by atoms with E-state index in [1.807, 2.05) is 6.92 Å². The Hall–Kier alpha value is -2.18. The summed E-state index contributed by atoms with van der Waals surface area (Å²) in [5, 5.41) is 3.11. The summed E-state index contributed by atoms with van der Waals surface area (Å²) in [5.41, 5.74) is 1.52. The number of halogens is 2. The lowest BCUT2D eigenvalue weighted by molar-refractivity contribution is -0.120. The van der Waals surface area contributed by atoms with Gasteiger partial charge in [-0.15, -0.1) is 0 Å². The molecule has 5 nitrogen and oxygen atoms in total. The lowest BCUT2D eigenvalue weighted by Gasteiger charge is -2.38. The van der Waals surface area contributed by atoms with Crippen LogP contribution >= 0.6 is 11.6 Å². The number of nitrogens with one attached hydrogen (secondary N) is 1. The number of pyridine rings is 1. The average Bonchev–Trinajstić information content (AvgIpc) is 2.64. The van der Waals surface area contributed by atoms with Crippen molar-refractivity contribution in [1.82, 2.24) is 9.88 Å². The van der Waals surface area contributed by atoms with Gasteiger partial charge in [0.2, 0.25) is 5.91 Å². The standard InChI is InChI=1S/C18H20ClFN4O/c1-13(18(25)22-16-3-2-8-21-17(16)19)23-9-11-24(12-10-23)15-6-4-14(20)5-7-15/h2-8,13H,9-12H2,1H3,(H,22,25)/t13-/m0/s1. The van der Waals surface area contributed by atoms with Gasteiger partial charge >= 0.3 is 0 Å². The molecule has 0 spiro atoms. The molecule has 0 aliphatic carbocycles. The molecule has 1 fully saturated rings. The minimum Gasteiger partial charge on any atom is -0.369 e. The number of carbonyl (C=O) groups excluding carboxylic acids is 1. The van der Waals surface area contributed by atoms with Gasteiger partial charge in [-0.05, 0) is 43.3 Å². The highest BCUT2D eigenvalue weighted by molar-refractivity contribution is 6.32. The van der Waals surface area contributed by atoms with Gasteiger partial charge in [0.05, 0.1) is 11.7 Å². The summed E-state index contributed by atoms with van der Waals surface area (Å²) in [6.07, 6.45) is 1.58. The van der Waals surface area contributed by atoms with Crippen LogP contribution in [-0.2, 0) is 4.79 Å². The second kappa shape index (κ2) is 7.80. The van der Waals surface area contributed by atoms with Crippen LogP contribution in [0, 0.1) is 5.82 Å². The Morgan fingerprint density at radius 1 is 1.20 bits per heavy atom. The normalized spacial score (nSPS) is 16.5. The molecule has 1 aromatic heterocycles. The Morgan fingerprint density at radius 2 is 1.88 bits per heavy atom. The number of anilines is 2. The van der Waals surface area contributed by atoms with Crippen LogP contribution < -0.4 is 10.2 Å². The van der Waals surface area contributed by atoms with Crippen molar-refractivity contribution in [3.8, 4) is 0 Å². The van der Waals surface area contributed by atoms with Crippen molar-refractivity contribution in [1.29, 1.82) is 0 Å². The molecule has 7 heteroatoms. The maximum Gasteiger partial charge on any atom is 0.241 e. The van der Waals surface area contributed by atoms with Gasteiger partial charge in [0, 0.05) is 38.1 Å². The highest BCUT2D eigenvalue weighted by Gasteiger charge is 2.26. The third kappa shape index (κ3) is 4.27. The number of aromatic nitrogens is 1. The highest BCUT2D eigenvalue weighted by Crippen LogP contribution is 2.20. The first kappa shape index (κ1) is 17.6. The third-order valence-electron chi connectivity index (χ3n) is 4.45. The molecule has 1 atom stereocenters. The van der Waals surface area contributed by atoms with E-state index in [1.165, 1.54) is 12.1 Å². The first-order valence-electron chi connectivity index (χ1n) is 8.20. The van der Waals surface area contributed by atoms with Gasteiger partial charge < -0.3 is 10.2 Å². The zero-order valence-electron chi connectivity index (χ0n) is 14.0. The van der Waals surface area contributed by atoms with E-state index in [-0.39, 0.29) is 22.9 Å². The number of carbonyl (C=O) groups is 1. The lowest BCUT2D eigenvalue weighted by atomic mass is 10.2. The van der Waals surface area contributed by atoms with Crippen molar-refractivity contribution < 1.29 is 9.18 Å². The molecular weight excluding hydrogens is 343 g/mol. The molecule has 1 saturated heterocycles. The quantitative estimate of drug-likeness (QED) is 0.849. The molecule has 0 bridgehead atoms. The number of hydrogen-bond acceptors (Lipinski definition) is 4. The van der Waals surface area contributed by atoms with E-state index in [9.17, 15) is 9.18 Å². The molecule has 2 heterocycles. The van der Waals surface area contributed by atoms with E-state index >= 15 is 0 Å². The van der Waals surface area contributed by atoms with Crippen LogP contribution in [0.3, 0.4) is 0 Å². The molecule has 1 amide bonds. The summed E-state index contributed by atoms with van der Waals surface area (Å²) in [5.74, 6) is -0.341. The summed E-state index contributed by atoms with van der Waals surface area (Å²) >= 11 is 5.98. The Labute approximate surface area is 151 Å². The van der Waals surface area contributed by atoms with Gasteiger partial charge in [0.15, 0.2) is 5.15 Å². The molecule has 0 unspecified atom stereocenters. The van der Waals surface area contributed by atoms with Gasteiger partial charge in [0.25, 0.3) is 0 Å².